The Morgan fingerprint density at radius 3 is 2.50 bits per heavy atom. The van der Waals surface area contributed by atoms with Crippen molar-refractivity contribution in [1.29, 1.82) is 0 Å². The van der Waals surface area contributed by atoms with Crippen LogP contribution in [0.3, 0.4) is 0 Å². The third-order valence-electron chi connectivity index (χ3n) is 3.45. The summed E-state index contributed by atoms with van der Waals surface area (Å²) < 4.78 is 23.7. The quantitative estimate of drug-likeness (QED) is 0.611. The van der Waals surface area contributed by atoms with Crippen LogP contribution in [-0.4, -0.2) is 31.4 Å². The van der Waals surface area contributed by atoms with E-state index in [9.17, 15) is 9.00 Å². The molecular weight excluding hydrogens is 416 g/mol. The zero-order valence-corrected chi connectivity index (χ0v) is 18.4. The van der Waals surface area contributed by atoms with Crippen LogP contribution in [0.4, 0.5) is 4.79 Å². The van der Waals surface area contributed by atoms with E-state index in [1.807, 2.05) is 59.7 Å². The lowest BCUT2D eigenvalue weighted by Gasteiger charge is -2.19. The third kappa shape index (κ3) is 5.04. The van der Waals surface area contributed by atoms with Crippen LogP contribution in [0.1, 0.15) is 47.1 Å². The van der Waals surface area contributed by atoms with Gasteiger partial charge in [-0.1, -0.05) is 22.0 Å². The van der Waals surface area contributed by atoms with Gasteiger partial charge in [-0.25, -0.2) is 9.00 Å². The Morgan fingerprint density at radius 1 is 1.27 bits per heavy atom. The van der Waals surface area contributed by atoms with E-state index < -0.39 is 27.4 Å². The highest BCUT2D eigenvalue weighted by Crippen LogP contribution is 2.30. The van der Waals surface area contributed by atoms with Gasteiger partial charge in [-0.15, -0.1) is 0 Å². The molecule has 1 heterocycles. The molecule has 1 atom stereocenters. The molecule has 0 aliphatic heterocycles. The first-order valence-electron chi connectivity index (χ1n) is 8.36. The summed E-state index contributed by atoms with van der Waals surface area (Å²) in [6.45, 7) is 11.1. The largest absolute Gasteiger partial charge is 0.443 e. The van der Waals surface area contributed by atoms with Gasteiger partial charge in [-0.2, -0.15) is 4.40 Å². The molecule has 5 nitrogen and oxygen atoms in total. The first kappa shape index (κ1) is 20.8. The number of nitrogens with zero attached hydrogens (tertiary/aromatic N) is 2. The van der Waals surface area contributed by atoms with E-state index in [1.54, 1.807) is 12.4 Å². The number of ether oxygens (including phenoxy) is 1. The zero-order chi connectivity index (χ0) is 19.7. The number of hydrogen-bond donors (Lipinski definition) is 0. The summed E-state index contributed by atoms with van der Waals surface area (Å²) in [6, 6.07) is 5.67. The predicted molar refractivity (Wildman–Crippen MR) is 111 cm³/mol. The lowest BCUT2D eigenvalue weighted by Crippen LogP contribution is -2.26. The molecule has 0 saturated heterocycles. The normalized spacial score (nSPS) is 14.1. The number of carbonyl (C=O) groups excluding carboxylic acids is 1. The molecular formula is C19H25BrN2O3S. The van der Waals surface area contributed by atoms with Gasteiger partial charge in [0, 0.05) is 28.7 Å². The standard InChI is InChI=1S/C19H25BrN2O3S/c1-18(2,3)25-17(23)22-12-13(10-11-21-26(24)19(4,5)6)16-14(20)8-7-9-15(16)22/h7-9,11-12H,10H2,1-6H3/b21-11+/t26-/m0/s1. The molecule has 142 valence electrons. The fourth-order valence-electron chi connectivity index (χ4n) is 2.30. The molecule has 7 heteroatoms. The second kappa shape index (κ2) is 7.64. The summed E-state index contributed by atoms with van der Waals surface area (Å²) in [5, 5.41) is 0.923. The van der Waals surface area contributed by atoms with Crippen molar-refractivity contribution in [3.05, 3.63) is 34.4 Å². The summed E-state index contributed by atoms with van der Waals surface area (Å²) in [7, 11) is -1.31. The van der Waals surface area contributed by atoms with Gasteiger partial charge < -0.3 is 4.74 Å². The molecule has 0 aliphatic carbocycles. The Morgan fingerprint density at radius 2 is 1.92 bits per heavy atom. The fourth-order valence-corrected chi connectivity index (χ4v) is 3.44. The molecule has 26 heavy (non-hydrogen) atoms. The molecule has 0 N–H and O–H groups in total. The van der Waals surface area contributed by atoms with Crippen LogP contribution >= 0.6 is 15.9 Å². The van der Waals surface area contributed by atoms with Gasteiger partial charge in [0.05, 0.1) is 10.3 Å². The van der Waals surface area contributed by atoms with Crippen LogP contribution < -0.4 is 0 Å². The van der Waals surface area contributed by atoms with Crippen molar-refractivity contribution in [3.63, 3.8) is 0 Å². The monoisotopic (exact) mass is 440 g/mol. The summed E-state index contributed by atoms with van der Waals surface area (Å²) in [4.78, 5) is 12.6. The summed E-state index contributed by atoms with van der Waals surface area (Å²) in [6.07, 6.45) is 3.45. The van der Waals surface area contributed by atoms with Gasteiger partial charge in [-0.05, 0) is 59.2 Å². The number of fused-ring (bicyclic) bond motifs is 1. The lowest BCUT2D eigenvalue weighted by molar-refractivity contribution is 0.0544. The summed E-state index contributed by atoms with van der Waals surface area (Å²) in [5.41, 5.74) is 1.09. The van der Waals surface area contributed by atoms with Gasteiger partial charge in [0.25, 0.3) is 0 Å². The van der Waals surface area contributed by atoms with Crippen molar-refractivity contribution in [2.75, 3.05) is 0 Å². The Bertz CT molecular complexity index is 873. The van der Waals surface area contributed by atoms with E-state index in [2.05, 4.69) is 20.3 Å². The van der Waals surface area contributed by atoms with Crippen LogP contribution in [0, 0.1) is 0 Å². The lowest BCUT2D eigenvalue weighted by atomic mass is 10.1. The second-order valence-electron chi connectivity index (χ2n) is 7.99. The number of rotatable bonds is 3. The van der Waals surface area contributed by atoms with Crippen molar-refractivity contribution in [1.82, 2.24) is 4.57 Å². The smallest absolute Gasteiger partial charge is 0.419 e. The number of halogens is 1. The molecule has 1 aromatic carbocycles. The highest BCUT2D eigenvalue weighted by molar-refractivity contribution is 9.10. The number of carbonyl (C=O) groups is 1. The van der Waals surface area contributed by atoms with Crippen molar-refractivity contribution in [3.8, 4) is 0 Å². The number of benzene rings is 1. The van der Waals surface area contributed by atoms with Gasteiger partial charge in [0.1, 0.15) is 16.6 Å². The topological polar surface area (TPSA) is 60.7 Å². The second-order valence-corrected chi connectivity index (χ2v) is 10.8. The van der Waals surface area contributed by atoms with Crippen LogP contribution in [0.2, 0.25) is 0 Å². The minimum atomic E-state index is -1.31. The van der Waals surface area contributed by atoms with Gasteiger partial charge in [0.2, 0.25) is 0 Å². The van der Waals surface area contributed by atoms with Gasteiger partial charge in [0.15, 0.2) is 0 Å². The molecule has 0 radical (unpaired) electrons. The fraction of sp³-hybridized carbons (Fsp3) is 0.474. The van der Waals surface area contributed by atoms with Crippen molar-refractivity contribution in [2.45, 2.75) is 58.3 Å². The van der Waals surface area contributed by atoms with E-state index in [1.165, 1.54) is 4.57 Å². The maximum Gasteiger partial charge on any atom is 0.419 e. The Balaban J connectivity index is 2.40. The van der Waals surface area contributed by atoms with E-state index in [-0.39, 0.29) is 0 Å². The summed E-state index contributed by atoms with van der Waals surface area (Å²) in [5.74, 6) is 0. The average Bonchev–Trinajstić information content (AvgIpc) is 2.85. The van der Waals surface area contributed by atoms with Gasteiger partial charge >= 0.3 is 6.09 Å². The molecule has 1 aromatic heterocycles. The van der Waals surface area contributed by atoms with Gasteiger partial charge in [-0.3, -0.25) is 4.57 Å². The van der Waals surface area contributed by atoms with Crippen LogP contribution in [-0.2, 0) is 22.1 Å². The molecule has 0 bridgehead atoms. The SMILES string of the molecule is CC(C)(C)OC(=O)n1cc(C/C=N/[S@@](=O)C(C)(C)C)c2c(Br)cccc21. The summed E-state index contributed by atoms with van der Waals surface area (Å²) >= 11 is 3.55. The maximum absolute atomic E-state index is 12.6. The minimum absolute atomic E-state index is 0.401. The molecule has 0 spiro atoms. The number of aromatic nitrogens is 1. The minimum Gasteiger partial charge on any atom is -0.443 e. The average molecular weight is 441 g/mol. The van der Waals surface area contributed by atoms with Crippen LogP contribution in [0.15, 0.2) is 33.3 Å². The van der Waals surface area contributed by atoms with Crippen molar-refractivity contribution in [2.24, 2.45) is 4.40 Å². The zero-order valence-electron chi connectivity index (χ0n) is 16.0. The third-order valence-corrected chi connectivity index (χ3v) is 5.50. The maximum atomic E-state index is 12.6. The van der Waals surface area contributed by atoms with E-state index >= 15 is 0 Å². The predicted octanol–water partition coefficient (Wildman–Crippen LogP) is 5.26. The Hall–Kier alpha value is -1.47. The first-order valence-corrected chi connectivity index (χ1v) is 10.3. The van der Waals surface area contributed by atoms with E-state index in [0.29, 0.717) is 6.42 Å². The molecule has 0 aliphatic rings. The molecule has 0 fully saturated rings. The molecule has 2 rings (SSSR count). The van der Waals surface area contributed by atoms with Crippen LogP contribution in [0.25, 0.3) is 10.9 Å². The highest BCUT2D eigenvalue weighted by Gasteiger charge is 2.22. The molecule has 2 aromatic rings. The van der Waals surface area contributed by atoms with Crippen molar-refractivity contribution < 1.29 is 13.7 Å². The molecule has 0 amide bonds. The molecule has 0 saturated carbocycles. The van der Waals surface area contributed by atoms with E-state index in [4.69, 9.17) is 4.74 Å². The Kier molecular flexibility index (Phi) is 6.13. The Labute approximate surface area is 165 Å². The highest BCUT2D eigenvalue weighted by atomic mass is 79.9. The van der Waals surface area contributed by atoms with Crippen molar-refractivity contribution >= 4 is 50.1 Å². The first-order chi connectivity index (χ1) is 11.9. The number of hydrogen-bond acceptors (Lipinski definition) is 3. The molecule has 0 unspecified atom stereocenters. The van der Waals surface area contributed by atoms with E-state index in [0.717, 1.165) is 20.9 Å². The van der Waals surface area contributed by atoms with Crippen LogP contribution in [0.5, 0.6) is 0 Å².